The van der Waals surface area contributed by atoms with E-state index in [1.807, 2.05) is 23.1 Å². The van der Waals surface area contributed by atoms with Gasteiger partial charge in [0.1, 0.15) is 18.1 Å². The summed E-state index contributed by atoms with van der Waals surface area (Å²) < 4.78 is 45.6. The van der Waals surface area contributed by atoms with Crippen LogP contribution >= 0.6 is 0 Å². The van der Waals surface area contributed by atoms with Crippen LogP contribution in [-0.2, 0) is 26.0 Å². The Balaban J connectivity index is 1.56. The number of piperidine rings is 1. The Morgan fingerprint density at radius 1 is 1.08 bits per heavy atom. The number of anilines is 1. The van der Waals surface area contributed by atoms with Gasteiger partial charge in [0.05, 0.1) is 25.1 Å². The van der Waals surface area contributed by atoms with Crippen LogP contribution in [0.15, 0.2) is 48.5 Å². The molecule has 0 radical (unpaired) electrons. The van der Waals surface area contributed by atoms with Crippen LogP contribution in [0.4, 0.5) is 10.1 Å². The maximum Gasteiger partial charge on any atom is 0.243 e. The van der Waals surface area contributed by atoms with Crippen molar-refractivity contribution in [2.45, 2.75) is 44.6 Å². The van der Waals surface area contributed by atoms with Crippen LogP contribution in [0.1, 0.15) is 37.7 Å². The normalized spacial score (nSPS) is 19.4. The molecule has 37 heavy (non-hydrogen) atoms. The second-order valence-corrected chi connectivity index (χ2v) is 11.6. The molecule has 2 heterocycles. The fraction of sp³-hybridized carbons (Fsp3) is 0.481. The fourth-order valence-corrected chi connectivity index (χ4v) is 5.84. The lowest BCUT2D eigenvalue weighted by Gasteiger charge is -2.37. The number of carbonyl (C=O) groups excluding carboxylic acids is 2. The van der Waals surface area contributed by atoms with Gasteiger partial charge in [-0.05, 0) is 74.4 Å². The smallest absolute Gasteiger partial charge is 0.243 e. The lowest BCUT2D eigenvalue weighted by atomic mass is 9.95. The van der Waals surface area contributed by atoms with Crippen molar-refractivity contribution in [3.8, 4) is 5.75 Å². The molecule has 0 spiro atoms. The van der Waals surface area contributed by atoms with Crippen molar-refractivity contribution in [1.82, 2.24) is 9.80 Å². The summed E-state index contributed by atoms with van der Waals surface area (Å²) in [4.78, 5) is 30.1. The number of amides is 2. The van der Waals surface area contributed by atoms with E-state index >= 15 is 0 Å². The summed E-state index contributed by atoms with van der Waals surface area (Å²) in [5, 5.41) is 0. The zero-order valence-electron chi connectivity index (χ0n) is 21.1. The molecule has 1 fully saturated rings. The van der Waals surface area contributed by atoms with Crippen molar-refractivity contribution < 1.29 is 27.1 Å². The molecule has 0 N–H and O–H groups in total. The Labute approximate surface area is 218 Å². The minimum absolute atomic E-state index is 0.0589. The van der Waals surface area contributed by atoms with Crippen LogP contribution in [0.25, 0.3) is 0 Å². The third-order valence-electron chi connectivity index (χ3n) is 6.91. The number of rotatable bonds is 4. The molecule has 0 aliphatic carbocycles. The van der Waals surface area contributed by atoms with Gasteiger partial charge in [0.15, 0.2) is 0 Å². The Morgan fingerprint density at radius 2 is 1.89 bits per heavy atom. The summed E-state index contributed by atoms with van der Waals surface area (Å²) in [6.45, 7) is 0.549. The Kier molecular flexibility index (Phi) is 8.68. The summed E-state index contributed by atoms with van der Waals surface area (Å²) in [6.07, 6.45) is 5.97. The number of sulfonamides is 1. The van der Waals surface area contributed by atoms with E-state index in [0.717, 1.165) is 54.5 Å². The van der Waals surface area contributed by atoms with Crippen molar-refractivity contribution in [3.63, 3.8) is 0 Å². The molecule has 0 aromatic heterocycles. The molecule has 4 rings (SSSR count). The highest BCUT2D eigenvalue weighted by Crippen LogP contribution is 2.24. The zero-order chi connectivity index (χ0) is 26.4. The van der Waals surface area contributed by atoms with Crippen LogP contribution in [0.5, 0.6) is 5.75 Å². The molecule has 2 aromatic rings. The molecule has 2 aliphatic heterocycles. The monoisotopic (exact) mass is 531 g/mol. The molecule has 2 aromatic carbocycles. The number of benzene rings is 2. The van der Waals surface area contributed by atoms with E-state index in [1.165, 1.54) is 28.7 Å². The SMILES string of the molecule is CS(=O)(=O)N(CC(=O)N1CCCOc2cccc(c2)CCC2CCCCN2C(=O)C1)c1cccc(F)c1. The van der Waals surface area contributed by atoms with Crippen molar-refractivity contribution in [3.05, 3.63) is 59.9 Å². The van der Waals surface area contributed by atoms with Crippen LogP contribution in [0, 0.1) is 5.82 Å². The van der Waals surface area contributed by atoms with Crippen LogP contribution in [0.3, 0.4) is 0 Å². The number of nitrogens with zero attached hydrogens (tertiary/aromatic N) is 3. The fourth-order valence-electron chi connectivity index (χ4n) is 5.00. The first-order valence-corrected chi connectivity index (χ1v) is 14.6. The highest BCUT2D eigenvalue weighted by molar-refractivity contribution is 7.92. The second kappa shape index (κ2) is 11.9. The van der Waals surface area contributed by atoms with E-state index in [4.69, 9.17) is 4.74 Å². The van der Waals surface area contributed by atoms with E-state index in [1.54, 1.807) is 0 Å². The number of hydrogen-bond acceptors (Lipinski definition) is 5. The maximum atomic E-state index is 13.8. The molecule has 10 heteroatoms. The minimum Gasteiger partial charge on any atom is -0.494 e. The van der Waals surface area contributed by atoms with Crippen LogP contribution in [-0.4, -0.2) is 75.1 Å². The molecule has 1 atom stereocenters. The maximum absolute atomic E-state index is 13.8. The number of fused-ring (bicyclic) bond motifs is 3. The molecule has 2 aliphatic rings. The summed E-state index contributed by atoms with van der Waals surface area (Å²) in [5.74, 6) is -0.505. The first-order valence-electron chi connectivity index (χ1n) is 12.7. The summed E-state index contributed by atoms with van der Waals surface area (Å²) >= 11 is 0. The van der Waals surface area contributed by atoms with E-state index in [9.17, 15) is 22.4 Å². The van der Waals surface area contributed by atoms with Crippen molar-refractivity contribution in [2.75, 3.05) is 43.3 Å². The lowest BCUT2D eigenvalue weighted by Crippen LogP contribution is -2.51. The largest absolute Gasteiger partial charge is 0.494 e. The zero-order valence-corrected chi connectivity index (χ0v) is 22.0. The van der Waals surface area contributed by atoms with E-state index in [0.29, 0.717) is 19.6 Å². The van der Waals surface area contributed by atoms with Gasteiger partial charge in [0.25, 0.3) is 0 Å². The molecule has 0 saturated carbocycles. The second-order valence-electron chi connectivity index (χ2n) is 9.69. The highest BCUT2D eigenvalue weighted by Gasteiger charge is 2.30. The van der Waals surface area contributed by atoms with Crippen molar-refractivity contribution in [1.29, 1.82) is 0 Å². The van der Waals surface area contributed by atoms with Gasteiger partial charge in [0.2, 0.25) is 21.8 Å². The van der Waals surface area contributed by atoms with Gasteiger partial charge >= 0.3 is 0 Å². The van der Waals surface area contributed by atoms with E-state index < -0.39 is 28.3 Å². The van der Waals surface area contributed by atoms with Gasteiger partial charge in [-0.3, -0.25) is 13.9 Å². The number of halogens is 1. The van der Waals surface area contributed by atoms with Gasteiger partial charge < -0.3 is 14.5 Å². The standard InChI is InChI=1S/C27H34FN3O5S/c1-37(34,35)31(24-10-5-8-22(28)18-24)20-26(32)29-14-6-16-36-25-11-4-7-21(17-25)12-13-23-9-2-3-15-30(23)27(33)19-29/h4-5,7-8,10-11,17-18,23H,2-3,6,9,12-16,19-20H2,1H3. The third kappa shape index (κ3) is 7.21. The van der Waals surface area contributed by atoms with Gasteiger partial charge in [-0.2, -0.15) is 0 Å². The lowest BCUT2D eigenvalue weighted by molar-refractivity contribution is -0.142. The first kappa shape index (κ1) is 26.9. The minimum atomic E-state index is -3.88. The molecule has 1 saturated heterocycles. The van der Waals surface area contributed by atoms with Gasteiger partial charge in [-0.15, -0.1) is 0 Å². The summed E-state index contributed by atoms with van der Waals surface area (Å²) in [5.41, 5.74) is 1.23. The van der Waals surface area contributed by atoms with Crippen LogP contribution < -0.4 is 9.04 Å². The average Bonchev–Trinajstić information content (AvgIpc) is 2.87. The predicted octanol–water partition coefficient (Wildman–Crippen LogP) is 3.22. The van der Waals surface area contributed by atoms with E-state index in [-0.39, 0.29) is 30.7 Å². The van der Waals surface area contributed by atoms with Gasteiger partial charge in [-0.1, -0.05) is 18.2 Å². The number of aryl methyl sites for hydroxylation is 1. The van der Waals surface area contributed by atoms with Crippen LogP contribution in [0.2, 0.25) is 0 Å². The number of carbonyl (C=O) groups is 2. The first-order chi connectivity index (χ1) is 17.7. The van der Waals surface area contributed by atoms with Crippen molar-refractivity contribution >= 4 is 27.5 Å². The predicted molar refractivity (Wildman–Crippen MR) is 139 cm³/mol. The highest BCUT2D eigenvalue weighted by atomic mass is 32.2. The molecule has 1 unspecified atom stereocenters. The third-order valence-corrected chi connectivity index (χ3v) is 8.05. The Morgan fingerprint density at radius 3 is 2.68 bits per heavy atom. The van der Waals surface area contributed by atoms with Gasteiger partial charge in [-0.25, -0.2) is 12.8 Å². The molecule has 8 nitrogen and oxygen atoms in total. The average molecular weight is 532 g/mol. The Hall–Kier alpha value is -3.14. The van der Waals surface area contributed by atoms with Gasteiger partial charge in [0, 0.05) is 19.1 Å². The molecule has 2 bridgehead atoms. The number of hydrogen-bond donors (Lipinski definition) is 0. The quantitative estimate of drug-likeness (QED) is 0.605. The molecular weight excluding hydrogens is 497 g/mol. The topological polar surface area (TPSA) is 87.2 Å². The van der Waals surface area contributed by atoms with E-state index in [2.05, 4.69) is 6.07 Å². The summed E-state index contributed by atoms with van der Waals surface area (Å²) in [7, 11) is -3.88. The molecule has 2 amide bonds. The van der Waals surface area contributed by atoms with Crippen molar-refractivity contribution in [2.24, 2.45) is 0 Å². The molecular formula is C27H34FN3O5S. The Bertz CT molecular complexity index is 1220. The summed E-state index contributed by atoms with van der Waals surface area (Å²) in [6, 6.07) is 13.1. The number of ether oxygens (including phenoxy) is 1. The molecule has 200 valence electrons.